The molecule has 0 radical (unpaired) electrons. The molecule has 0 fully saturated rings. The molecule has 1 aromatic rings. The van der Waals surface area contributed by atoms with Gasteiger partial charge in [0.05, 0.1) is 0 Å². The second-order valence-electron chi connectivity index (χ2n) is 2.72. The van der Waals surface area contributed by atoms with Gasteiger partial charge in [-0.3, -0.25) is 0 Å². The summed E-state index contributed by atoms with van der Waals surface area (Å²) in [5, 5.41) is 0. The van der Waals surface area contributed by atoms with E-state index in [-0.39, 0.29) is 5.56 Å². The van der Waals surface area contributed by atoms with Gasteiger partial charge in [0.25, 0.3) is 0 Å². The normalized spacial score (nSPS) is 11.8. The minimum Gasteiger partial charge on any atom is -0.327 e. The van der Waals surface area contributed by atoms with E-state index in [4.69, 9.17) is 5.73 Å². The molecule has 0 spiro atoms. The lowest BCUT2D eigenvalue weighted by Gasteiger charge is -2.03. The van der Waals surface area contributed by atoms with Crippen LogP contribution in [0.2, 0.25) is 0 Å². The maximum Gasteiger partial charge on any atom is 0.166 e. The van der Waals surface area contributed by atoms with Crippen LogP contribution in [0.5, 0.6) is 0 Å². The van der Waals surface area contributed by atoms with E-state index in [2.05, 4.69) is 0 Å². The van der Waals surface area contributed by atoms with E-state index in [9.17, 15) is 8.78 Å². The summed E-state index contributed by atoms with van der Waals surface area (Å²) in [5.41, 5.74) is 6.18. The second kappa shape index (κ2) is 4.14. The van der Waals surface area contributed by atoms with E-state index in [0.29, 0.717) is 12.1 Å². The third-order valence-corrected chi connectivity index (χ3v) is 1.80. The lowest BCUT2D eigenvalue weighted by molar-refractivity contribution is 0.506. The Kier molecular flexibility index (Phi) is 3.14. The minimum atomic E-state index is -0.831. The van der Waals surface area contributed by atoms with Gasteiger partial charge < -0.3 is 5.73 Å². The Hall–Kier alpha value is -1.22. The van der Waals surface area contributed by atoms with Crippen LogP contribution in [-0.4, -0.2) is 6.54 Å². The van der Waals surface area contributed by atoms with Gasteiger partial charge in [-0.05, 0) is 18.6 Å². The zero-order chi connectivity index (χ0) is 9.84. The van der Waals surface area contributed by atoms with E-state index >= 15 is 0 Å². The monoisotopic (exact) mass is 183 g/mol. The molecule has 0 bridgehead atoms. The molecule has 0 aromatic heterocycles. The zero-order valence-electron chi connectivity index (χ0n) is 7.35. The predicted molar refractivity (Wildman–Crippen MR) is 49.1 cm³/mol. The largest absolute Gasteiger partial charge is 0.327 e. The first-order valence-electron chi connectivity index (χ1n) is 3.98. The molecule has 1 nitrogen and oxygen atoms in total. The molecule has 0 atom stereocenters. The van der Waals surface area contributed by atoms with Crippen molar-refractivity contribution in [2.24, 2.45) is 5.73 Å². The van der Waals surface area contributed by atoms with Crippen molar-refractivity contribution >= 4 is 5.57 Å². The quantitative estimate of drug-likeness (QED) is 0.748. The molecule has 0 saturated carbocycles. The Morgan fingerprint density at radius 1 is 1.46 bits per heavy atom. The number of hydrogen-bond donors (Lipinski definition) is 1. The Balaban J connectivity index is 3.15. The van der Waals surface area contributed by atoms with E-state index < -0.39 is 11.6 Å². The summed E-state index contributed by atoms with van der Waals surface area (Å²) in [6.07, 6.45) is 1.65. The van der Waals surface area contributed by atoms with Crippen LogP contribution < -0.4 is 5.73 Å². The molecule has 3 heteroatoms. The Labute approximate surface area is 75.9 Å². The molecule has 2 N–H and O–H groups in total. The molecule has 0 heterocycles. The lowest BCUT2D eigenvalue weighted by atomic mass is 10.1. The number of halogens is 2. The molecule has 0 aliphatic heterocycles. The molecule has 0 unspecified atom stereocenters. The maximum absolute atomic E-state index is 13.1. The number of hydrogen-bond acceptors (Lipinski definition) is 1. The van der Waals surface area contributed by atoms with Crippen LogP contribution in [0.3, 0.4) is 0 Å². The van der Waals surface area contributed by atoms with E-state index in [1.54, 1.807) is 13.0 Å². The van der Waals surface area contributed by atoms with Crippen LogP contribution >= 0.6 is 0 Å². The molecular formula is C10H11F2N. The fourth-order valence-corrected chi connectivity index (χ4v) is 1.10. The molecule has 0 saturated heterocycles. The van der Waals surface area contributed by atoms with Gasteiger partial charge >= 0.3 is 0 Å². The van der Waals surface area contributed by atoms with Gasteiger partial charge in [0.2, 0.25) is 0 Å². The third kappa shape index (κ3) is 2.12. The van der Waals surface area contributed by atoms with Gasteiger partial charge in [-0.25, -0.2) is 8.78 Å². The van der Waals surface area contributed by atoms with Gasteiger partial charge in [-0.2, -0.15) is 0 Å². The number of allylic oxidation sites excluding steroid dienone is 1. The highest BCUT2D eigenvalue weighted by Gasteiger charge is 2.07. The van der Waals surface area contributed by atoms with Crippen molar-refractivity contribution in [1.29, 1.82) is 0 Å². The second-order valence-corrected chi connectivity index (χ2v) is 2.72. The van der Waals surface area contributed by atoms with Crippen LogP contribution in [-0.2, 0) is 0 Å². The number of nitrogens with two attached hydrogens (primary N) is 1. The maximum atomic E-state index is 13.1. The van der Waals surface area contributed by atoms with Crippen LogP contribution in [0.15, 0.2) is 24.3 Å². The zero-order valence-corrected chi connectivity index (χ0v) is 7.35. The molecule has 13 heavy (non-hydrogen) atoms. The Morgan fingerprint density at radius 3 is 2.77 bits per heavy atom. The summed E-state index contributed by atoms with van der Waals surface area (Å²) in [5.74, 6) is -1.65. The topological polar surface area (TPSA) is 26.0 Å². The molecule has 0 aliphatic carbocycles. The van der Waals surface area contributed by atoms with Gasteiger partial charge in [0.15, 0.2) is 11.6 Å². The van der Waals surface area contributed by atoms with Crippen molar-refractivity contribution in [3.05, 3.63) is 41.5 Å². The van der Waals surface area contributed by atoms with Gasteiger partial charge in [-0.15, -0.1) is 0 Å². The SMILES string of the molecule is C/C(=C/CN)c1cccc(F)c1F. The average Bonchev–Trinajstić information content (AvgIpc) is 2.10. The Bertz CT molecular complexity index is 332. The summed E-state index contributed by atoms with van der Waals surface area (Å²) in [6, 6.07) is 4.09. The van der Waals surface area contributed by atoms with Crippen molar-refractivity contribution in [1.82, 2.24) is 0 Å². The number of rotatable bonds is 2. The van der Waals surface area contributed by atoms with Crippen molar-refractivity contribution in [2.45, 2.75) is 6.92 Å². The third-order valence-electron chi connectivity index (χ3n) is 1.80. The van der Waals surface area contributed by atoms with Crippen molar-refractivity contribution < 1.29 is 8.78 Å². The number of benzene rings is 1. The predicted octanol–water partition coefficient (Wildman–Crippen LogP) is 2.33. The molecule has 1 rings (SSSR count). The van der Waals surface area contributed by atoms with E-state index in [0.717, 1.165) is 6.07 Å². The Morgan fingerprint density at radius 2 is 2.15 bits per heavy atom. The smallest absolute Gasteiger partial charge is 0.166 e. The van der Waals surface area contributed by atoms with Gasteiger partial charge in [0, 0.05) is 12.1 Å². The first-order valence-corrected chi connectivity index (χ1v) is 3.98. The summed E-state index contributed by atoms with van der Waals surface area (Å²) in [4.78, 5) is 0. The summed E-state index contributed by atoms with van der Waals surface area (Å²) >= 11 is 0. The highest BCUT2D eigenvalue weighted by molar-refractivity contribution is 5.64. The summed E-state index contributed by atoms with van der Waals surface area (Å²) in [6.45, 7) is 2.02. The standard InChI is InChI=1S/C10H11F2N/c1-7(5-6-13)8-3-2-4-9(11)10(8)12/h2-5H,6,13H2,1H3/b7-5-. The highest BCUT2D eigenvalue weighted by Crippen LogP contribution is 2.19. The summed E-state index contributed by atoms with van der Waals surface area (Å²) < 4.78 is 25.9. The summed E-state index contributed by atoms with van der Waals surface area (Å²) in [7, 11) is 0. The van der Waals surface area contributed by atoms with Gasteiger partial charge in [0.1, 0.15) is 0 Å². The van der Waals surface area contributed by atoms with Crippen LogP contribution in [0.1, 0.15) is 12.5 Å². The van der Waals surface area contributed by atoms with Crippen LogP contribution in [0, 0.1) is 11.6 Å². The lowest BCUT2D eigenvalue weighted by Crippen LogP contribution is -1.96. The minimum absolute atomic E-state index is 0.269. The first-order chi connectivity index (χ1) is 6.16. The molecular weight excluding hydrogens is 172 g/mol. The van der Waals surface area contributed by atoms with Gasteiger partial charge in [-0.1, -0.05) is 18.2 Å². The molecule has 0 aliphatic rings. The first kappa shape index (κ1) is 9.86. The van der Waals surface area contributed by atoms with E-state index in [1.165, 1.54) is 12.1 Å². The molecule has 1 aromatic carbocycles. The average molecular weight is 183 g/mol. The fourth-order valence-electron chi connectivity index (χ4n) is 1.10. The van der Waals surface area contributed by atoms with Crippen molar-refractivity contribution in [3.63, 3.8) is 0 Å². The molecule has 0 amide bonds. The fraction of sp³-hybridized carbons (Fsp3) is 0.200. The molecule has 70 valence electrons. The van der Waals surface area contributed by atoms with Crippen molar-refractivity contribution in [2.75, 3.05) is 6.54 Å². The van der Waals surface area contributed by atoms with Crippen LogP contribution in [0.4, 0.5) is 8.78 Å². The van der Waals surface area contributed by atoms with Crippen LogP contribution in [0.25, 0.3) is 5.57 Å². The van der Waals surface area contributed by atoms with E-state index in [1.807, 2.05) is 0 Å². The van der Waals surface area contributed by atoms with Crippen molar-refractivity contribution in [3.8, 4) is 0 Å². The highest BCUT2D eigenvalue weighted by atomic mass is 19.2.